The minimum atomic E-state index is -0.503. The number of rotatable bonds is 5. The number of nitrogens with one attached hydrogen (secondary N) is 2. The molecule has 0 aliphatic heterocycles. The molecule has 2 N–H and O–H groups in total. The summed E-state index contributed by atoms with van der Waals surface area (Å²) in [6.45, 7) is 3.84. The van der Waals surface area contributed by atoms with Crippen molar-refractivity contribution in [2.24, 2.45) is 0 Å². The number of para-hydroxylation sites is 1. The maximum Gasteiger partial charge on any atom is 0.339 e. The monoisotopic (exact) mass is 450 g/mol. The molecule has 27 heavy (non-hydrogen) atoms. The molecule has 0 atom stereocenters. The normalized spacial score (nSPS) is 10.3. The number of hydrogen-bond acceptors (Lipinski definition) is 5. The maximum atomic E-state index is 12.4. The third kappa shape index (κ3) is 5.77. The second-order valence-electron chi connectivity index (χ2n) is 5.76. The molecule has 0 saturated heterocycles. The van der Waals surface area contributed by atoms with Crippen molar-refractivity contribution in [2.45, 2.75) is 20.0 Å². The van der Waals surface area contributed by atoms with Gasteiger partial charge in [0.2, 0.25) is 0 Å². The first-order valence-electron chi connectivity index (χ1n) is 8.07. The summed E-state index contributed by atoms with van der Waals surface area (Å²) >= 11 is 8.57. The molecule has 0 radical (unpaired) electrons. The smallest absolute Gasteiger partial charge is 0.339 e. The molecule has 0 aliphatic carbocycles. The first-order chi connectivity index (χ1) is 12.8. The van der Waals surface area contributed by atoms with E-state index in [1.165, 1.54) is 7.11 Å². The van der Waals surface area contributed by atoms with Gasteiger partial charge in [-0.15, -0.1) is 0 Å². The van der Waals surface area contributed by atoms with Crippen LogP contribution in [0, 0.1) is 0 Å². The summed E-state index contributed by atoms with van der Waals surface area (Å²) < 4.78 is 11.0. The van der Waals surface area contributed by atoms with E-state index >= 15 is 0 Å². The number of esters is 1. The van der Waals surface area contributed by atoms with E-state index in [4.69, 9.17) is 21.7 Å². The Hall–Kier alpha value is -2.45. The lowest BCUT2D eigenvalue weighted by atomic mass is 10.2. The van der Waals surface area contributed by atoms with Crippen LogP contribution in [0.15, 0.2) is 46.9 Å². The molecule has 8 heteroatoms. The van der Waals surface area contributed by atoms with Gasteiger partial charge in [-0.1, -0.05) is 12.1 Å². The Labute approximate surface area is 171 Å². The van der Waals surface area contributed by atoms with Crippen molar-refractivity contribution >= 4 is 50.8 Å². The number of thiocarbonyl (C=S) groups is 1. The second kappa shape index (κ2) is 9.48. The number of hydrogen-bond donors (Lipinski definition) is 2. The number of amides is 1. The lowest BCUT2D eigenvalue weighted by Crippen LogP contribution is -2.34. The fourth-order valence-electron chi connectivity index (χ4n) is 2.20. The molecule has 2 aromatic rings. The molecule has 0 aliphatic rings. The zero-order chi connectivity index (χ0) is 20.0. The van der Waals surface area contributed by atoms with E-state index < -0.39 is 5.97 Å². The number of methoxy groups -OCH3 is 1. The second-order valence-corrected chi connectivity index (χ2v) is 7.02. The lowest BCUT2D eigenvalue weighted by Gasteiger charge is -2.14. The Bertz CT molecular complexity index is 871. The van der Waals surface area contributed by atoms with Crippen LogP contribution in [0.3, 0.4) is 0 Å². The van der Waals surface area contributed by atoms with Gasteiger partial charge in [-0.25, -0.2) is 4.79 Å². The third-order valence-corrected chi connectivity index (χ3v) is 4.19. The average molecular weight is 451 g/mol. The Balaban J connectivity index is 2.07. The summed E-state index contributed by atoms with van der Waals surface area (Å²) in [7, 11) is 1.30. The molecular weight excluding hydrogens is 432 g/mol. The van der Waals surface area contributed by atoms with Crippen LogP contribution in [0.2, 0.25) is 0 Å². The molecular formula is C19H19BrN2O4S. The molecule has 2 aromatic carbocycles. The summed E-state index contributed by atoms with van der Waals surface area (Å²) in [5, 5.41) is 5.49. The largest absolute Gasteiger partial charge is 0.490 e. The van der Waals surface area contributed by atoms with Crippen molar-refractivity contribution in [3.05, 3.63) is 58.1 Å². The number of halogens is 1. The van der Waals surface area contributed by atoms with E-state index in [0.717, 1.165) is 0 Å². The van der Waals surface area contributed by atoms with Gasteiger partial charge in [0.1, 0.15) is 5.75 Å². The third-order valence-electron chi connectivity index (χ3n) is 3.36. The van der Waals surface area contributed by atoms with Crippen LogP contribution < -0.4 is 15.4 Å². The van der Waals surface area contributed by atoms with Crippen molar-refractivity contribution in [3.63, 3.8) is 0 Å². The van der Waals surface area contributed by atoms with E-state index in [0.29, 0.717) is 27.0 Å². The predicted octanol–water partition coefficient (Wildman–Crippen LogP) is 4.15. The quantitative estimate of drug-likeness (QED) is 0.526. The Morgan fingerprint density at radius 3 is 2.48 bits per heavy atom. The van der Waals surface area contributed by atoms with E-state index in [2.05, 4.69) is 26.6 Å². The van der Waals surface area contributed by atoms with Crippen molar-refractivity contribution in [1.82, 2.24) is 5.32 Å². The highest BCUT2D eigenvalue weighted by Gasteiger charge is 2.15. The van der Waals surface area contributed by atoms with Gasteiger partial charge in [-0.3, -0.25) is 10.1 Å². The van der Waals surface area contributed by atoms with Gasteiger partial charge < -0.3 is 14.8 Å². The highest BCUT2D eigenvalue weighted by atomic mass is 79.9. The van der Waals surface area contributed by atoms with Gasteiger partial charge in [-0.05, 0) is 72.3 Å². The van der Waals surface area contributed by atoms with Crippen LogP contribution in [-0.4, -0.2) is 30.2 Å². The highest BCUT2D eigenvalue weighted by Crippen LogP contribution is 2.27. The molecule has 6 nitrogen and oxygen atoms in total. The Kier molecular flexibility index (Phi) is 7.32. The van der Waals surface area contributed by atoms with Gasteiger partial charge in [0.25, 0.3) is 5.91 Å². The molecule has 142 valence electrons. The first kappa shape index (κ1) is 20.9. The minimum Gasteiger partial charge on any atom is -0.490 e. The van der Waals surface area contributed by atoms with Gasteiger partial charge in [0.15, 0.2) is 5.11 Å². The topological polar surface area (TPSA) is 76.7 Å². The standard InChI is InChI=1S/C19H19BrN2O4S/c1-11(2)26-16-9-8-12(10-14(16)20)17(23)22-19(27)21-15-7-5-4-6-13(15)18(24)25-3/h4-11H,1-3H3,(H2,21,22,23,27). The number of carbonyl (C=O) groups excluding carboxylic acids is 2. The number of anilines is 1. The summed E-state index contributed by atoms with van der Waals surface area (Å²) in [6.07, 6.45) is 0.0210. The van der Waals surface area contributed by atoms with Crippen molar-refractivity contribution < 1.29 is 19.1 Å². The fourth-order valence-corrected chi connectivity index (χ4v) is 2.88. The van der Waals surface area contributed by atoms with Crippen molar-refractivity contribution in [1.29, 1.82) is 0 Å². The molecule has 0 saturated carbocycles. The van der Waals surface area contributed by atoms with Crippen molar-refractivity contribution in [2.75, 3.05) is 12.4 Å². The number of benzene rings is 2. The zero-order valence-electron chi connectivity index (χ0n) is 15.0. The number of carbonyl (C=O) groups is 2. The molecule has 0 heterocycles. The maximum absolute atomic E-state index is 12.4. The fraction of sp³-hybridized carbons (Fsp3) is 0.211. The van der Waals surface area contributed by atoms with Crippen LogP contribution in [0.5, 0.6) is 5.75 Å². The highest BCUT2D eigenvalue weighted by molar-refractivity contribution is 9.10. The van der Waals surface area contributed by atoms with E-state index in [-0.39, 0.29) is 17.1 Å². The van der Waals surface area contributed by atoms with Gasteiger partial charge in [-0.2, -0.15) is 0 Å². The molecule has 0 fully saturated rings. The van der Waals surface area contributed by atoms with E-state index in [1.807, 2.05) is 13.8 Å². The molecule has 0 aromatic heterocycles. The SMILES string of the molecule is COC(=O)c1ccccc1NC(=S)NC(=O)c1ccc(OC(C)C)c(Br)c1. The molecule has 2 rings (SSSR count). The van der Waals surface area contributed by atoms with Gasteiger partial charge >= 0.3 is 5.97 Å². The molecule has 1 amide bonds. The molecule has 0 bridgehead atoms. The summed E-state index contributed by atoms with van der Waals surface area (Å²) in [5.74, 6) is -0.244. The molecule has 0 unspecified atom stereocenters. The Morgan fingerprint density at radius 1 is 1.15 bits per heavy atom. The van der Waals surface area contributed by atoms with E-state index in [9.17, 15) is 9.59 Å². The summed E-state index contributed by atoms with van der Waals surface area (Å²) in [4.78, 5) is 24.2. The van der Waals surface area contributed by atoms with Crippen LogP contribution >= 0.6 is 28.1 Å². The first-order valence-corrected chi connectivity index (χ1v) is 9.27. The van der Waals surface area contributed by atoms with Crippen LogP contribution in [0.4, 0.5) is 5.69 Å². The summed E-state index contributed by atoms with van der Waals surface area (Å²) in [6, 6.07) is 11.7. The zero-order valence-corrected chi connectivity index (χ0v) is 17.4. The minimum absolute atomic E-state index is 0.0210. The Morgan fingerprint density at radius 2 is 1.85 bits per heavy atom. The van der Waals surface area contributed by atoms with Crippen LogP contribution in [0.1, 0.15) is 34.6 Å². The average Bonchev–Trinajstić information content (AvgIpc) is 2.62. The lowest BCUT2D eigenvalue weighted by molar-refractivity contribution is 0.0602. The van der Waals surface area contributed by atoms with E-state index in [1.54, 1.807) is 42.5 Å². The van der Waals surface area contributed by atoms with Crippen molar-refractivity contribution in [3.8, 4) is 5.75 Å². The van der Waals surface area contributed by atoms with Crippen LogP contribution in [0.25, 0.3) is 0 Å². The number of ether oxygens (including phenoxy) is 2. The predicted molar refractivity (Wildman–Crippen MR) is 111 cm³/mol. The van der Waals surface area contributed by atoms with Gasteiger partial charge in [0.05, 0.1) is 28.9 Å². The van der Waals surface area contributed by atoms with Crippen LogP contribution in [-0.2, 0) is 4.74 Å². The van der Waals surface area contributed by atoms with Gasteiger partial charge in [0, 0.05) is 5.56 Å². The summed E-state index contributed by atoms with van der Waals surface area (Å²) in [5.41, 5.74) is 1.16. The molecule has 0 spiro atoms.